The minimum absolute atomic E-state index is 0.0653. The topological polar surface area (TPSA) is 66.8 Å². The maximum absolute atomic E-state index is 13.0. The van der Waals surface area contributed by atoms with E-state index < -0.39 is 0 Å². The van der Waals surface area contributed by atoms with Crippen LogP contribution in [0.3, 0.4) is 0 Å². The average molecular weight is 414 g/mol. The molecule has 8 heteroatoms. The second kappa shape index (κ2) is 6.50. The Kier molecular flexibility index (Phi) is 4.07. The number of carbonyl (C=O) groups is 1. The number of aromatic nitrogens is 4. The molecule has 5 rings (SSSR count). The third kappa shape index (κ3) is 2.75. The number of H-pyrrole nitrogens is 1. The highest BCUT2D eigenvalue weighted by Crippen LogP contribution is 2.35. The van der Waals surface area contributed by atoms with Crippen molar-refractivity contribution >= 4 is 29.1 Å². The van der Waals surface area contributed by atoms with Crippen LogP contribution in [0.2, 0.25) is 10.0 Å². The number of amides is 1. The largest absolute Gasteiger partial charge is 0.334 e. The van der Waals surface area contributed by atoms with Crippen molar-refractivity contribution in [2.75, 3.05) is 6.54 Å². The molecule has 142 valence electrons. The number of fused-ring (bicyclic) bond motifs is 5. The fourth-order valence-corrected chi connectivity index (χ4v) is 4.28. The zero-order valence-corrected chi connectivity index (χ0v) is 16.5. The number of rotatable bonds is 1. The summed E-state index contributed by atoms with van der Waals surface area (Å²) in [6.07, 6.45) is 3.39. The van der Waals surface area contributed by atoms with Gasteiger partial charge in [0, 0.05) is 35.9 Å². The van der Waals surface area contributed by atoms with Gasteiger partial charge in [0.25, 0.3) is 5.91 Å². The van der Waals surface area contributed by atoms with Gasteiger partial charge < -0.3 is 4.90 Å². The van der Waals surface area contributed by atoms with Crippen LogP contribution in [-0.4, -0.2) is 37.3 Å². The van der Waals surface area contributed by atoms with Gasteiger partial charge in [-0.3, -0.25) is 14.6 Å². The van der Waals surface area contributed by atoms with Gasteiger partial charge in [-0.05, 0) is 24.6 Å². The van der Waals surface area contributed by atoms with Crippen LogP contribution in [0.15, 0.2) is 36.5 Å². The Balaban J connectivity index is 1.53. The lowest BCUT2D eigenvalue weighted by atomic mass is 10.0. The summed E-state index contributed by atoms with van der Waals surface area (Å²) in [5.74, 6) is -0.0653. The molecule has 1 amide bonds. The van der Waals surface area contributed by atoms with Gasteiger partial charge >= 0.3 is 0 Å². The predicted octanol–water partition coefficient (Wildman–Crippen LogP) is 3.89. The maximum Gasteiger partial charge on any atom is 0.254 e. The molecule has 2 aliphatic heterocycles. The molecule has 0 bridgehead atoms. The summed E-state index contributed by atoms with van der Waals surface area (Å²) in [5.41, 5.74) is 6.70. The fraction of sp³-hybridized carbons (Fsp3) is 0.250. The van der Waals surface area contributed by atoms with Gasteiger partial charge in [0.2, 0.25) is 0 Å². The first kappa shape index (κ1) is 17.5. The third-order valence-electron chi connectivity index (χ3n) is 5.31. The Hall–Kier alpha value is -2.57. The Labute approximate surface area is 171 Å². The summed E-state index contributed by atoms with van der Waals surface area (Å²) >= 11 is 12.1. The van der Waals surface area contributed by atoms with Crippen molar-refractivity contribution in [1.29, 1.82) is 0 Å². The molecule has 28 heavy (non-hydrogen) atoms. The first-order chi connectivity index (χ1) is 13.5. The maximum atomic E-state index is 13.0. The van der Waals surface area contributed by atoms with Crippen LogP contribution in [0.4, 0.5) is 0 Å². The second-order valence-electron chi connectivity index (χ2n) is 7.22. The molecule has 0 aliphatic carbocycles. The molecule has 1 aromatic carbocycles. The fourth-order valence-electron chi connectivity index (χ4n) is 3.98. The number of hydrogen-bond donors (Lipinski definition) is 1. The second-order valence-corrected chi connectivity index (χ2v) is 8.04. The lowest BCUT2D eigenvalue weighted by Gasteiger charge is -2.27. The number of benzene rings is 1. The standard InChI is InChI=1S/C20H17Cl2N5O/c1-11-6-13-8-23-24-18(13)19-14-10-26(5-4-17(14)25-27(19)9-11)20(28)12-2-3-15(21)16(22)7-12/h2-3,7-8H,1,4-6,9-10H2,(H,23,24). The highest BCUT2D eigenvalue weighted by atomic mass is 35.5. The van der Waals surface area contributed by atoms with E-state index in [0.29, 0.717) is 41.7 Å². The Morgan fingerprint density at radius 1 is 1.21 bits per heavy atom. The van der Waals surface area contributed by atoms with E-state index in [2.05, 4.69) is 16.8 Å². The lowest BCUT2D eigenvalue weighted by molar-refractivity contribution is 0.0734. The lowest BCUT2D eigenvalue weighted by Crippen LogP contribution is -2.36. The van der Waals surface area contributed by atoms with Gasteiger partial charge in [-0.2, -0.15) is 10.2 Å². The SMILES string of the molecule is C=C1Cc2c[nH]nc2-c2c3c(nn2C1)CCN(C(=O)c1ccc(Cl)c(Cl)c1)C3. The Morgan fingerprint density at radius 2 is 2.07 bits per heavy atom. The van der Waals surface area contributed by atoms with E-state index in [4.69, 9.17) is 28.3 Å². The first-order valence-electron chi connectivity index (χ1n) is 9.04. The van der Waals surface area contributed by atoms with Crippen LogP contribution in [0.1, 0.15) is 27.2 Å². The summed E-state index contributed by atoms with van der Waals surface area (Å²) < 4.78 is 1.98. The molecule has 1 N–H and O–H groups in total. The van der Waals surface area contributed by atoms with E-state index in [1.165, 1.54) is 0 Å². The van der Waals surface area contributed by atoms with Gasteiger partial charge in [-0.1, -0.05) is 35.4 Å². The Bertz CT molecular complexity index is 1130. The average Bonchev–Trinajstić information content (AvgIpc) is 3.23. The molecular formula is C20H17Cl2N5O. The van der Waals surface area contributed by atoms with Crippen molar-refractivity contribution in [2.24, 2.45) is 0 Å². The molecule has 2 aromatic heterocycles. The van der Waals surface area contributed by atoms with Crippen molar-refractivity contribution in [1.82, 2.24) is 24.9 Å². The quantitative estimate of drug-likeness (QED) is 0.615. The molecule has 6 nitrogen and oxygen atoms in total. The van der Waals surface area contributed by atoms with Crippen LogP contribution in [0.25, 0.3) is 11.4 Å². The molecule has 0 saturated carbocycles. The van der Waals surface area contributed by atoms with Gasteiger partial charge in [0.1, 0.15) is 5.69 Å². The molecular weight excluding hydrogens is 397 g/mol. The van der Waals surface area contributed by atoms with Gasteiger partial charge in [-0.25, -0.2) is 0 Å². The molecule has 0 saturated heterocycles. The summed E-state index contributed by atoms with van der Waals surface area (Å²) in [7, 11) is 0. The van der Waals surface area contributed by atoms with Crippen LogP contribution in [-0.2, 0) is 25.9 Å². The summed E-state index contributed by atoms with van der Waals surface area (Å²) in [6.45, 7) is 5.93. The van der Waals surface area contributed by atoms with Crippen LogP contribution in [0.5, 0.6) is 0 Å². The number of carbonyl (C=O) groups excluding carboxylic acids is 1. The van der Waals surface area contributed by atoms with Gasteiger partial charge in [0.15, 0.2) is 0 Å². The first-order valence-corrected chi connectivity index (χ1v) is 9.79. The zero-order valence-electron chi connectivity index (χ0n) is 15.0. The van der Waals surface area contributed by atoms with Crippen LogP contribution in [0, 0.1) is 0 Å². The van der Waals surface area contributed by atoms with Crippen molar-refractivity contribution in [2.45, 2.75) is 25.9 Å². The highest BCUT2D eigenvalue weighted by molar-refractivity contribution is 6.42. The van der Waals surface area contributed by atoms with Crippen molar-refractivity contribution < 1.29 is 4.79 Å². The molecule has 0 radical (unpaired) electrons. The van der Waals surface area contributed by atoms with Gasteiger partial charge in [0.05, 0.1) is 34.5 Å². The van der Waals surface area contributed by atoms with E-state index in [1.807, 2.05) is 15.8 Å². The summed E-state index contributed by atoms with van der Waals surface area (Å²) in [5, 5.41) is 13.0. The summed E-state index contributed by atoms with van der Waals surface area (Å²) in [6, 6.07) is 4.98. The van der Waals surface area contributed by atoms with E-state index in [9.17, 15) is 4.79 Å². The molecule has 0 unspecified atom stereocenters. The number of nitrogens with one attached hydrogen (secondary N) is 1. The molecule has 2 aliphatic rings. The predicted molar refractivity (Wildman–Crippen MR) is 108 cm³/mol. The smallest absolute Gasteiger partial charge is 0.254 e. The molecule has 0 atom stereocenters. The van der Waals surface area contributed by atoms with Crippen LogP contribution >= 0.6 is 23.2 Å². The zero-order chi connectivity index (χ0) is 19.4. The van der Waals surface area contributed by atoms with E-state index in [1.54, 1.807) is 18.2 Å². The van der Waals surface area contributed by atoms with Crippen LogP contribution < -0.4 is 0 Å². The number of nitrogens with zero attached hydrogens (tertiary/aromatic N) is 4. The highest BCUT2D eigenvalue weighted by Gasteiger charge is 2.31. The molecule has 4 heterocycles. The van der Waals surface area contributed by atoms with Crippen molar-refractivity contribution in [3.63, 3.8) is 0 Å². The number of aromatic amines is 1. The van der Waals surface area contributed by atoms with Crippen molar-refractivity contribution in [3.05, 3.63) is 69.0 Å². The minimum Gasteiger partial charge on any atom is -0.334 e. The minimum atomic E-state index is -0.0653. The van der Waals surface area contributed by atoms with E-state index in [0.717, 1.165) is 40.2 Å². The number of hydrogen-bond acceptors (Lipinski definition) is 3. The molecule has 0 fully saturated rings. The Morgan fingerprint density at radius 3 is 2.89 bits per heavy atom. The third-order valence-corrected chi connectivity index (χ3v) is 6.05. The number of halogens is 2. The monoisotopic (exact) mass is 413 g/mol. The molecule has 0 spiro atoms. The number of allylic oxidation sites excluding steroid dienone is 1. The normalized spacial score (nSPS) is 15.6. The van der Waals surface area contributed by atoms with Gasteiger partial charge in [-0.15, -0.1) is 0 Å². The van der Waals surface area contributed by atoms with E-state index >= 15 is 0 Å². The molecule has 3 aromatic rings. The van der Waals surface area contributed by atoms with Crippen molar-refractivity contribution in [3.8, 4) is 11.4 Å². The van der Waals surface area contributed by atoms with E-state index in [-0.39, 0.29) is 5.91 Å². The summed E-state index contributed by atoms with van der Waals surface area (Å²) in [4.78, 5) is 14.9.